The Kier molecular flexibility index (Phi) is 5.17. The predicted octanol–water partition coefficient (Wildman–Crippen LogP) is 0.119. The molecule has 2 aliphatic rings. The molecular formula is C14H21NO6. The number of carbonyl (C=O) groups excluding carboxylic acids is 3. The summed E-state index contributed by atoms with van der Waals surface area (Å²) in [5, 5.41) is 0. The predicted molar refractivity (Wildman–Crippen MR) is 71.2 cm³/mol. The van der Waals surface area contributed by atoms with E-state index < -0.39 is 29.9 Å². The number of cyclic esters (lactones) is 1. The van der Waals surface area contributed by atoms with Crippen LogP contribution in [0.5, 0.6) is 0 Å². The Morgan fingerprint density at radius 1 is 1.29 bits per heavy atom. The Balaban J connectivity index is 2.26. The zero-order valence-corrected chi connectivity index (χ0v) is 12.4. The van der Waals surface area contributed by atoms with Gasteiger partial charge in [-0.05, 0) is 33.2 Å². The van der Waals surface area contributed by atoms with Gasteiger partial charge < -0.3 is 14.2 Å². The van der Waals surface area contributed by atoms with Gasteiger partial charge in [-0.25, -0.2) is 0 Å². The first-order valence-corrected chi connectivity index (χ1v) is 7.35. The lowest BCUT2D eigenvalue weighted by atomic mass is 9.96. The molecule has 2 atom stereocenters. The highest BCUT2D eigenvalue weighted by Gasteiger charge is 2.51. The number of hydrogen-bond donors (Lipinski definition) is 0. The highest BCUT2D eigenvalue weighted by molar-refractivity contribution is 6.00. The van der Waals surface area contributed by atoms with Crippen molar-refractivity contribution in [3.8, 4) is 0 Å². The van der Waals surface area contributed by atoms with Gasteiger partial charge >= 0.3 is 17.9 Å². The number of hydrogen-bond acceptors (Lipinski definition) is 7. The molecule has 2 fully saturated rings. The van der Waals surface area contributed by atoms with Gasteiger partial charge in [0.2, 0.25) is 0 Å². The highest BCUT2D eigenvalue weighted by atomic mass is 16.6. The van der Waals surface area contributed by atoms with Gasteiger partial charge in [0.1, 0.15) is 12.6 Å². The van der Waals surface area contributed by atoms with Crippen LogP contribution in [-0.2, 0) is 28.6 Å². The lowest BCUT2D eigenvalue weighted by molar-refractivity contribution is -0.179. The smallest absolute Gasteiger partial charge is 0.324 e. The molecule has 0 saturated carbocycles. The van der Waals surface area contributed by atoms with E-state index in [2.05, 4.69) is 0 Å². The molecule has 0 N–H and O–H groups in total. The summed E-state index contributed by atoms with van der Waals surface area (Å²) >= 11 is 0. The molecule has 0 unspecified atom stereocenters. The topological polar surface area (TPSA) is 82.1 Å². The number of ether oxygens (including phenoxy) is 3. The SMILES string of the molecule is CCOC(=O)C(C(=O)OCC)[C@@H]1C(=O)OC[C@@H]2CCCN21. The number of fused-ring (bicyclic) bond motifs is 1. The zero-order chi connectivity index (χ0) is 15.4. The molecule has 2 heterocycles. The molecule has 2 saturated heterocycles. The molecule has 0 aromatic carbocycles. The number of carbonyl (C=O) groups is 3. The average molecular weight is 299 g/mol. The Labute approximate surface area is 123 Å². The average Bonchev–Trinajstić information content (AvgIpc) is 2.91. The molecule has 0 aliphatic carbocycles. The molecule has 0 aromatic rings. The van der Waals surface area contributed by atoms with Gasteiger partial charge in [0.15, 0.2) is 5.92 Å². The van der Waals surface area contributed by atoms with Crippen LogP contribution in [-0.4, -0.2) is 61.3 Å². The second kappa shape index (κ2) is 6.89. The van der Waals surface area contributed by atoms with Crippen LogP contribution in [0.25, 0.3) is 0 Å². The Hall–Kier alpha value is -1.63. The molecule has 7 heteroatoms. The lowest BCUT2D eigenvalue weighted by Crippen LogP contribution is -2.58. The van der Waals surface area contributed by atoms with Crippen molar-refractivity contribution >= 4 is 17.9 Å². The van der Waals surface area contributed by atoms with E-state index in [1.807, 2.05) is 4.90 Å². The highest BCUT2D eigenvalue weighted by Crippen LogP contribution is 2.30. The minimum Gasteiger partial charge on any atom is -0.465 e. The van der Waals surface area contributed by atoms with Crippen LogP contribution in [0.3, 0.4) is 0 Å². The van der Waals surface area contributed by atoms with Crippen molar-refractivity contribution in [3.05, 3.63) is 0 Å². The fraction of sp³-hybridized carbons (Fsp3) is 0.786. The summed E-state index contributed by atoms with van der Waals surface area (Å²) in [6.07, 6.45) is 1.80. The molecular weight excluding hydrogens is 278 g/mol. The van der Waals surface area contributed by atoms with Gasteiger partial charge in [0.05, 0.1) is 13.2 Å². The molecule has 2 aliphatic heterocycles. The second-order valence-electron chi connectivity index (χ2n) is 5.09. The largest absolute Gasteiger partial charge is 0.465 e. The van der Waals surface area contributed by atoms with Crippen LogP contribution in [0.4, 0.5) is 0 Å². The summed E-state index contributed by atoms with van der Waals surface area (Å²) in [5.74, 6) is -3.30. The Morgan fingerprint density at radius 2 is 1.90 bits per heavy atom. The van der Waals surface area contributed by atoms with E-state index in [4.69, 9.17) is 14.2 Å². The number of morpholine rings is 1. The fourth-order valence-corrected chi connectivity index (χ4v) is 2.95. The molecule has 0 radical (unpaired) electrons. The van der Waals surface area contributed by atoms with E-state index in [0.717, 1.165) is 12.8 Å². The summed E-state index contributed by atoms with van der Waals surface area (Å²) in [6, 6.07) is -0.872. The third kappa shape index (κ3) is 3.18. The second-order valence-corrected chi connectivity index (χ2v) is 5.09. The first-order chi connectivity index (χ1) is 10.1. The van der Waals surface area contributed by atoms with Crippen LogP contribution >= 0.6 is 0 Å². The fourth-order valence-electron chi connectivity index (χ4n) is 2.95. The van der Waals surface area contributed by atoms with Crippen molar-refractivity contribution in [3.63, 3.8) is 0 Å². The van der Waals surface area contributed by atoms with E-state index in [0.29, 0.717) is 13.2 Å². The van der Waals surface area contributed by atoms with Gasteiger partial charge in [-0.15, -0.1) is 0 Å². The summed E-state index contributed by atoms with van der Waals surface area (Å²) in [4.78, 5) is 38.3. The Bertz CT molecular complexity index is 406. The third-order valence-corrected chi connectivity index (χ3v) is 3.84. The summed E-state index contributed by atoms with van der Waals surface area (Å²) in [6.45, 7) is 4.56. The van der Waals surface area contributed by atoms with Crippen molar-refractivity contribution in [2.45, 2.75) is 38.8 Å². The molecule has 2 rings (SSSR count). The quantitative estimate of drug-likeness (QED) is 0.405. The summed E-state index contributed by atoms with van der Waals surface area (Å²) in [5.41, 5.74) is 0. The normalized spacial score (nSPS) is 25.4. The van der Waals surface area contributed by atoms with Crippen LogP contribution in [0.1, 0.15) is 26.7 Å². The number of nitrogens with zero attached hydrogens (tertiary/aromatic N) is 1. The summed E-state index contributed by atoms with van der Waals surface area (Å²) < 4.78 is 15.0. The van der Waals surface area contributed by atoms with Crippen LogP contribution in [0.2, 0.25) is 0 Å². The van der Waals surface area contributed by atoms with Crippen LogP contribution in [0.15, 0.2) is 0 Å². The van der Waals surface area contributed by atoms with Crippen molar-refractivity contribution in [2.24, 2.45) is 5.92 Å². The third-order valence-electron chi connectivity index (χ3n) is 3.84. The van der Waals surface area contributed by atoms with Gasteiger partial charge in [-0.3, -0.25) is 19.3 Å². The lowest BCUT2D eigenvalue weighted by Gasteiger charge is -2.38. The number of rotatable bonds is 5. The van der Waals surface area contributed by atoms with Crippen molar-refractivity contribution in [1.82, 2.24) is 4.90 Å². The first kappa shape index (κ1) is 15.8. The van der Waals surface area contributed by atoms with Gasteiger partial charge in [-0.2, -0.15) is 0 Å². The maximum atomic E-state index is 12.1. The van der Waals surface area contributed by atoms with Crippen molar-refractivity contribution in [1.29, 1.82) is 0 Å². The maximum absolute atomic E-state index is 12.1. The first-order valence-electron chi connectivity index (χ1n) is 7.35. The summed E-state index contributed by atoms with van der Waals surface area (Å²) in [7, 11) is 0. The van der Waals surface area contributed by atoms with E-state index in [1.54, 1.807) is 13.8 Å². The van der Waals surface area contributed by atoms with E-state index in [9.17, 15) is 14.4 Å². The van der Waals surface area contributed by atoms with E-state index in [-0.39, 0.29) is 19.3 Å². The van der Waals surface area contributed by atoms with Gasteiger partial charge in [0.25, 0.3) is 0 Å². The van der Waals surface area contributed by atoms with Gasteiger partial charge in [-0.1, -0.05) is 0 Å². The monoisotopic (exact) mass is 299 g/mol. The standard InChI is InChI=1S/C14H21NO6/c1-3-19-12(16)10(13(17)20-4-2)11-14(18)21-8-9-6-5-7-15(9)11/h9-11H,3-8H2,1-2H3/t9-,11+/m0/s1. The maximum Gasteiger partial charge on any atom is 0.324 e. The van der Waals surface area contributed by atoms with E-state index >= 15 is 0 Å². The van der Waals surface area contributed by atoms with Crippen LogP contribution in [0, 0.1) is 5.92 Å². The van der Waals surface area contributed by atoms with Crippen LogP contribution < -0.4 is 0 Å². The van der Waals surface area contributed by atoms with E-state index in [1.165, 1.54) is 0 Å². The number of esters is 3. The minimum atomic E-state index is -1.28. The molecule has 0 bridgehead atoms. The molecule has 118 valence electrons. The zero-order valence-electron chi connectivity index (χ0n) is 12.4. The van der Waals surface area contributed by atoms with Crippen molar-refractivity contribution in [2.75, 3.05) is 26.4 Å². The molecule has 0 aromatic heterocycles. The van der Waals surface area contributed by atoms with Gasteiger partial charge in [0, 0.05) is 6.04 Å². The molecule has 0 amide bonds. The molecule has 7 nitrogen and oxygen atoms in total. The Morgan fingerprint density at radius 3 is 2.48 bits per heavy atom. The molecule has 0 spiro atoms. The minimum absolute atomic E-state index is 0.0686. The molecule has 21 heavy (non-hydrogen) atoms. The van der Waals surface area contributed by atoms with Crippen molar-refractivity contribution < 1.29 is 28.6 Å².